The first-order chi connectivity index (χ1) is 13.6. The lowest BCUT2D eigenvalue weighted by Gasteiger charge is -2.45. The highest BCUT2D eigenvalue weighted by Gasteiger charge is 2.41. The molecule has 0 radical (unpaired) electrons. The molecule has 1 atom stereocenters. The summed E-state index contributed by atoms with van der Waals surface area (Å²) in [4.78, 5) is 14.8. The van der Waals surface area contributed by atoms with Gasteiger partial charge in [0.15, 0.2) is 0 Å². The van der Waals surface area contributed by atoms with Gasteiger partial charge in [0.05, 0.1) is 24.5 Å². The molecule has 28 heavy (non-hydrogen) atoms. The first-order valence-electron chi connectivity index (χ1n) is 9.78. The van der Waals surface area contributed by atoms with Crippen LogP contribution >= 0.6 is 0 Å². The van der Waals surface area contributed by atoms with Gasteiger partial charge in [0, 0.05) is 38.8 Å². The first-order valence-corrected chi connectivity index (χ1v) is 9.78. The van der Waals surface area contributed by atoms with Crippen molar-refractivity contribution in [2.45, 2.75) is 37.4 Å². The lowest BCUT2D eigenvalue weighted by Crippen LogP contribution is -2.52. The van der Waals surface area contributed by atoms with Crippen LogP contribution in [0.25, 0.3) is 11.3 Å². The zero-order valence-corrected chi connectivity index (χ0v) is 16.4. The van der Waals surface area contributed by atoms with Crippen molar-refractivity contribution in [2.24, 2.45) is 0 Å². The average Bonchev–Trinajstić information content (AvgIpc) is 3.24. The third-order valence-corrected chi connectivity index (χ3v) is 5.92. The SMILES string of the molecule is COc1cccc(-c2cc(C(=O)N3CCC4(CC3)CC(OC)CCO4)[nH]n2)c1. The molecule has 7 nitrogen and oxygen atoms in total. The molecule has 4 rings (SSSR count). The second-order valence-corrected chi connectivity index (χ2v) is 7.57. The highest BCUT2D eigenvalue weighted by Crippen LogP contribution is 2.36. The molecule has 3 heterocycles. The standard InChI is InChI=1S/C21H27N3O4/c1-26-16-5-3-4-15(12-16)18-13-19(23-22-18)20(25)24-9-7-21(8-10-24)14-17(27-2)6-11-28-21/h3-5,12-13,17H,6-11,14H2,1-2H3,(H,22,23). The molecule has 0 aliphatic carbocycles. The van der Waals surface area contributed by atoms with Gasteiger partial charge in [-0.1, -0.05) is 12.1 Å². The maximum atomic E-state index is 12.9. The van der Waals surface area contributed by atoms with Gasteiger partial charge in [-0.25, -0.2) is 0 Å². The molecule has 7 heteroatoms. The molecule has 1 aromatic carbocycles. The maximum Gasteiger partial charge on any atom is 0.271 e. The molecule has 1 unspecified atom stereocenters. The number of amides is 1. The number of carbonyl (C=O) groups is 1. The van der Waals surface area contributed by atoms with Gasteiger partial charge in [-0.05, 0) is 37.5 Å². The number of rotatable bonds is 4. The number of hydrogen-bond donors (Lipinski definition) is 1. The van der Waals surface area contributed by atoms with Crippen LogP contribution in [0.3, 0.4) is 0 Å². The topological polar surface area (TPSA) is 76.7 Å². The van der Waals surface area contributed by atoms with E-state index < -0.39 is 0 Å². The number of piperidine rings is 1. The number of nitrogens with zero attached hydrogens (tertiary/aromatic N) is 2. The van der Waals surface area contributed by atoms with Crippen molar-refractivity contribution >= 4 is 5.91 Å². The highest BCUT2D eigenvalue weighted by atomic mass is 16.5. The van der Waals surface area contributed by atoms with Crippen LogP contribution in [-0.2, 0) is 9.47 Å². The Morgan fingerprint density at radius 1 is 1.29 bits per heavy atom. The van der Waals surface area contributed by atoms with E-state index in [1.807, 2.05) is 29.2 Å². The summed E-state index contributed by atoms with van der Waals surface area (Å²) in [6.07, 6.45) is 3.80. The van der Waals surface area contributed by atoms with E-state index in [-0.39, 0.29) is 17.6 Å². The number of ether oxygens (including phenoxy) is 3. The normalized spacial score (nSPS) is 21.6. The summed E-state index contributed by atoms with van der Waals surface area (Å²) in [6, 6.07) is 9.45. The van der Waals surface area contributed by atoms with Crippen molar-refractivity contribution in [1.82, 2.24) is 15.1 Å². The number of benzene rings is 1. The number of H-pyrrole nitrogens is 1. The zero-order chi connectivity index (χ0) is 19.6. The molecule has 0 bridgehead atoms. The summed E-state index contributed by atoms with van der Waals surface area (Å²) >= 11 is 0. The molecule has 2 saturated heterocycles. The van der Waals surface area contributed by atoms with E-state index in [9.17, 15) is 4.79 Å². The Bertz CT molecular complexity index is 827. The molecule has 1 aromatic heterocycles. The van der Waals surface area contributed by atoms with Crippen LogP contribution < -0.4 is 4.74 Å². The van der Waals surface area contributed by atoms with Crippen molar-refractivity contribution in [3.8, 4) is 17.0 Å². The Hall–Kier alpha value is -2.38. The van der Waals surface area contributed by atoms with Gasteiger partial charge in [0.1, 0.15) is 11.4 Å². The molecule has 2 aliphatic rings. The van der Waals surface area contributed by atoms with E-state index in [2.05, 4.69) is 10.2 Å². The Kier molecular flexibility index (Phi) is 5.37. The van der Waals surface area contributed by atoms with Crippen LogP contribution in [0.4, 0.5) is 0 Å². The fraction of sp³-hybridized carbons (Fsp3) is 0.524. The van der Waals surface area contributed by atoms with E-state index in [4.69, 9.17) is 14.2 Å². The molecule has 2 fully saturated rings. The predicted octanol–water partition coefficient (Wildman–Crippen LogP) is 2.89. The summed E-state index contributed by atoms with van der Waals surface area (Å²) in [6.45, 7) is 2.10. The number of methoxy groups -OCH3 is 2. The van der Waals surface area contributed by atoms with E-state index in [0.29, 0.717) is 18.8 Å². The Morgan fingerprint density at radius 2 is 2.11 bits per heavy atom. The van der Waals surface area contributed by atoms with Crippen molar-refractivity contribution in [3.63, 3.8) is 0 Å². The minimum atomic E-state index is -0.143. The summed E-state index contributed by atoms with van der Waals surface area (Å²) in [7, 11) is 3.40. The molecular formula is C21H27N3O4. The quantitative estimate of drug-likeness (QED) is 0.876. The van der Waals surface area contributed by atoms with E-state index in [1.165, 1.54) is 0 Å². The smallest absolute Gasteiger partial charge is 0.271 e. The van der Waals surface area contributed by atoms with Crippen LogP contribution in [0.1, 0.15) is 36.2 Å². The summed E-state index contributed by atoms with van der Waals surface area (Å²) in [5.74, 6) is 0.743. The van der Waals surface area contributed by atoms with Crippen LogP contribution in [-0.4, -0.2) is 66.6 Å². The van der Waals surface area contributed by atoms with Crippen LogP contribution in [0.5, 0.6) is 5.75 Å². The number of nitrogens with one attached hydrogen (secondary N) is 1. The molecule has 1 N–H and O–H groups in total. The summed E-state index contributed by atoms with van der Waals surface area (Å²) < 4.78 is 16.9. The second kappa shape index (κ2) is 7.93. The van der Waals surface area contributed by atoms with E-state index in [0.717, 1.165) is 49.3 Å². The number of aromatic nitrogens is 2. The first kappa shape index (κ1) is 19.0. The van der Waals surface area contributed by atoms with Crippen LogP contribution in [0, 0.1) is 0 Å². The van der Waals surface area contributed by atoms with Gasteiger partial charge < -0.3 is 19.1 Å². The molecule has 1 spiro atoms. The molecule has 2 aliphatic heterocycles. The van der Waals surface area contributed by atoms with Gasteiger partial charge in [-0.2, -0.15) is 5.10 Å². The fourth-order valence-electron chi connectivity index (χ4n) is 4.18. The monoisotopic (exact) mass is 385 g/mol. The zero-order valence-electron chi connectivity index (χ0n) is 16.4. The average molecular weight is 385 g/mol. The van der Waals surface area contributed by atoms with E-state index >= 15 is 0 Å². The number of hydrogen-bond acceptors (Lipinski definition) is 5. The van der Waals surface area contributed by atoms with Crippen molar-refractivity contribution < 1.29 is 19.0 Å². The van der Waals surface area contributed by atoms with Crippen LogP contribution in [0.2, 0.25) is 0 Å². The summed E-state index contributed by atoms with van der Waals surface area (Å²) in [5, 5.41) is 7.21. The van der Waals surface area contributed by atoms with Crippen molar-refractivity contribution in [1.29, 1.82) is 0 Å². The highest BCUT2D eigenvalue weighted by molar-refractivity contribution is 5.93. The largest absolute Gasteiger partial charge is 0.497 e. The maximum absolute atomic E-state index is 12.9. The van der Waals surface area contributed by atoms with Gasteiger partial charge in [0.25, 0.3) is 5.91 Å². The Morgan fingerprint density at radius 3 is 2.86 bits per heavy atom. The van der Waals surface area contributed by atoms with Crippen LogP contribution in [0.15, 0.2) is 30.3 Å². The van der Waals surface area contributed by atoms with Gasteiger partial charge in [0.2, 0.25) is 0 Å². The van der Waals surface area contributed by atoms with Gasteiger partial charge in [-0.15, -0.1) is 0 Å². The van der Waals surface area contributed by atoms with Gasteiger partial charge >= 0.3 is 0 Å². The third kappa shape index (κ3) is 3.77. The van der Waals surface area contributed by atoms with Gasteiger partial charge in [-0.3, -0.25) is 9.89 Å². The number of likely N-dealkylation sites (tertiary alicyclic amines) is 1. The molecule has 1 amide bonds. The Balaban J connectivity index is 1.41. The fourth-order valence-corrected chi connectivity index (χ4v) is 4.18. The van der Waals surface area contributed by atoms with E-state index in [1.54, 1.807) is 20.3 Å². The number of carbonyl (C=O) groups excluding carboxylic acids is 1. The third-order valence-electron chi connectivity index (χ3n) is 5.92. The van der Waals surface area contributed by atoms with Crippen molar-refractivity contribution in [2.75, 3.05) is 33.9 Å². The second-order valence-electron chi connectivity index (χ2n) is 7.57. The van der Waals surface area contributed by atoms with Crippen molar-refractivity contribution in [3.05, 3.63) is 36.0 Å². The lowest BCUT2D eigenvalue weighted by molar-refractivity contribution is -0.146. The summed E-state index contributed by atoms with van der Waals surface area (Å²) in [5.41, 5.74) is 2.01. The number of aromatic amines is 1. The molecule has 2 aromatic rings. The molecular weight excluding hydrogens is 358 g/mol. The molecule has 150 valence electrons. The Labute approximate surface area is 165 Å². The minimum Gasteiger partial charge on any atom is -0.497 e. The minimum absolute atomic E-state index is 0.0180. The lowest BCUT2D eigenvalue weighted by atomic mass is 9.83. The predicted molar refractivity (Wildman–Crippen MR) is 104 cm³/mol. The molecule has 0 saturated carbocycles.